The second-order valence-corrected chi connectivity index (χ2v) is 8.65. The van der Waals surface area contributed by atoms with Crippen LogP contribution in [-0.2, 0) is 9.84 Å². The van der Waals surface area contributed by atoms with E-state index < -0.39 is 14.6 Å². The molecule has 0 heterocycles. The van der Waals surface area contributed by atoms with E-state index in [0.29, 0.717) is 11.4 Å². The van der Waals surface area contributed by atoms with Gasteiger partial charge < -0.3 is 10.5 Å². The third-order valence-electron chi connectivity index (χ3n) is 2.53. The number of benzene rings is 1. The van der Waals surface area contributed by atoms with Crippen molar-refractivity contribution in [2.75, 3.05) is 18.1 Å². The zero-order chi connectivity index (χ0) is 14.0. The summed E-state index contributed by atoms with van der Waals surface area (Å²) in [5, 5.41) is 0. The van der Waals surface area contributed by atoms with Crippen LogP contribution in [0.4, 0.5) is 5.69 Å². The maximum atomic E-state index is 11.9. The minimum absolute atomic E-state index is 0.0305. The molecular formula is C12H18BrNO3S. The van der Waals surface area contributed by atoms with Crippen molar-refractivity contribution in [3.63, 3.8) is 0 Å². The van der Waals surface area contributed by atoms with Crippen molar-refractivity contribution in [2.24, 2.45) is 0 Å². The fourth-order valence-electron chi connectivity index (χ4n) is 1.24. The Bertz CT molecular complexity index is 500. The van der Waals surface area contributed by atoms with Crippen LogP contribution in [0.2, 0.25) is 0 Å². The summed E-state index contributed by atoms with van der Waals surface area (Å²) in [5.41, 5.74) is 6.24. The van der Waals surface area contributed by atoms with Gasteiger partial charge in [-0.15, -0.1) is 0 Å². The summed E-state index contributed by atoms with van der Waals surface area (Å²) in [6.45, 7) is 5.12. The summed E-state index contributed by atoms with van der Waals surface area (Å²) < 4.78 is 29.2. The minimum atomic E-state index is -3.17. The van der Waals surface area contributed by atoms with Crippen LogP contribution in [-0.4, -0.2) is 25.5 Å². The molecule has 0 fully saturated rings. The van der Waals surface area contributed by atoms with Crippen LogP contribution < -0.4 is 10.5 Å². The highest BCUT2D eigenvalue weighted by Gasteiger charge is 2.28. The first-order valence-corrected chi connectivity index (χ1v) is 7.99. The molecule has 2 N–H and O–H groups in total. The van der Waals surface area contributed by atoms with Crippen molar-refractivity contribution in [3.05, 3.63) is 22.7 Å². The SMILES string of the molecule is CC(C)(C)S(=O)(=O)CCOc1c(N)cccc1Br. The standard InChI is InChI=1S/C12H18BrNO3S/c1-12(2,3)18(15,16)8-7-17-11-9(13)5-4-6-10(11)14/h4-6H,7-8,14H2,1-3H3. The fourth-order valence-corrected chi connectivity index (χ4v) is 2.65. The van der Waals surface area contributed by atoms with Gasteiger partial charge >= 0.3 is 0 Å². The predicted octanol–water partition coefficient (Wildman–Crippen LogP) is 2.62. The van der Waals surface area contributed by atoms with E-state index in [2.05, 4.69) is 15.9 Å². The minimum Gasteiger partial charge on any atom is -0.489 e. The highest BCUT2D eigenvalue weighted by molar-refractivity contribution is 9.10. The van der Waals surface area contributed by atoms with Crippen LogP contribution in [0, 0.1) is 0 Å². The lowest BCUT2D eigenvalue weighted by molar-refractivity contribution is 0.339. The van der Waals surface area contributed by atoms with Crippen LogP contribution in [0.3, 0.4) is 0 Å². The van der Waals surface area contributed by atoms with Crippen LogP contribution in [0.1, 0.15) is 20.8 Å². The molecule has 0 spiro atoms. The summed E-state index contributed by atoms with van der Waals surface area (Å²) in [6.07, 6.45) is 0. The van der Waals surface area contributed by atoms with Crippen molar-refractivity contribution >= 4 is 31.5 Å². The Kier molecular flexibility index (Phi) is 4.66. The van der Waals surface area contributed by atoms with E-state index in [9.17, 15) is 8.42 Å². The van der Waals surface area contributed by atoms with Gasteiger partial charge in [0.15, 0.2) is 15.6 Å². The lowest BCUT2D eigenvalue weighted by Crippen LogP contribution is -2.32. The second kappa shape index (κ2) is 5.48. The molecule has 0 bridgehead atoms. The van der Waals surface area contributed by atoms with E-state index in [1.807, 2.05) is 0 Å². The Morgan fingerprint density at radius 3 is 2.44 bits per heavy atom. The van der Waals surface area contributed by atoms with Crippen LogP contribution in [0.5, 0.6) is 5.75 Å². The largest absolute Gasteiger partial charge is 0.489 e. The van der Waals surface area contributed by atoms with E-state index in [-0.39, 0.29) is 12.4 Å². The number of hydrogen-bond acceptors (Lipinski definition) is 4. The maximum Gasteiger partial charge on any atom is 0.158 e. The van der Waals surface area contributed by atoms with Gasteiger partial charge in [0.05, 0.1) is 20.7 Å². The highest BCUT2D eigenvalue weighted by atomic mass is 79.9. The first kappa shape index (κ1) is 15.3. The molecule has 4 nitrogen and oxygen atoms in total. The Morgan fingerprint density at radius 2 is 1.94 bits per heavy atom. The van der Waals surface area contributed by atoms with E-state index in [4.69, 9.17) is 10.5 Å². The smallest absolute Gasteiger partial charge is 0.158 e. The number of sulfone groups is 1. The molecular weight excluding hydrogens is 318 g/mol. The number of nitrogen functional groups attached to an aromatic ring is 1. The molecule has 6 heteroatoms. The average Bonchev–Trinajstić information content (AvgIpc) is 2.20. The Morgan fingerprint density at radius 1 is 1.33 bits per heavy atom. The molecule has 0 aromatic heterocycles. The van der Waals surface area contributed by atoms with E-state index in [1.54, 1.807) is 39.0 Å². The molecule has 0 unspecified atom stereocenters. The third-order valence-corrected chi connectivity index (χ3v) is 5.72. The van der Waals surface area contributed by atoms with Gasteiger partial charge in [-0.25, -0.2) is 8.42 Å². The summed E-state index contributed by atoms with van der Waals surface area (Å²) in [7, 11) is -3.17. The van der Waals surface area contributed by atoms with Crippen molar-refractivity contribution in [3.8, 4) is 5.75 Å². The van der Waals surface area contributed by atoms with Gasteiger partial charge in [-0.1, -0.05) is 6.07 Å². The Hall–Kier alpha value is -0.750. The van der Waals surface area contributed by atoms with Gasteiger partial charge in [-0.05, 0) is 48.8 Å². The number of anilines is 1. The molecule has 0 saturated heterocycles. The Balaban J connectivity index is 2.69. The van der Waals surface area contributed by atoms with Crippen LogP contribution in [0.15, 0.2) is 22.7 Å². The number of ether oxygens (including phenoxy) is 1. The first-order chi connectivity index (χ1) is 8.15. The average molecular weight is 336 g/mol. The quantitative estimate of drug-likeness (QED) is 0.858. The van der Waals surface area contributed by atoms with Crippen molar-refractivity contribution in [1.29, 1.82) is 0 Å². The van der Waals surface area contributed by atoms with Gasteiger partial charge in [0.25, 0.3) is 0 Å². The summed E-state index contributed by atoms with van der Waals surface area (Å²) in [6, 6.07) is 5.29. The Labute approximate surface area is 117 Å². The molecule has 0 aliphatic rings. The third kappa shape index (κ3) is 3.62. The van der Waals surface area contributed by atoms with Crippen LogP contribution >= 0.6 is 15.9 Å². The molecule has 18 heavy (non-hydrogen) atoms. The zero-order valence-electron chi connectivity index (χ0n) is 10.7. The van der Waals surface area contributed by atoms with Crippen molar-refractivity contribution in [2.45, 2.75) is 25.5 Å². The summed E-state index contributed by atoms with van der Waals surface area (Å²) >= 11 is 3.31. The zero-order valence-corrected chi connectivity index (χ0v) is 13.1. The molecule has 0 aliphatic carbocycles. The lowest BCUT2D eigenvalue weighted by atomic mass is 10.3. The summed E-state index contributed by atoms with van der Waals surface area (Å²) in [4.78, 5) is 0. The van der Waals surface area contributed by atoms with Crippen molar-refractivity contribution < 1.29 is 13.2 Å². The van der Waals surface area contributed by atoms with Gasteiger partial charge in [-0.3, -0.25) is 0 Å². The molecule has 1 rings (SSSR count). The van der Waals surface area contributed by atoms with Crippen LogP contribution in [0.25, 0.3) is 0 Å². The molecule has 0 amide bonds. The number of para-hydroxylation sites is 1. The second-order valence-electron chi connectivity index (χ2n) is 4.94. The first-order valence-electron chi connectivity index (χ1n) is 5.54. The topological polar surface area (TPSA) is 69.4 Å². The van der Waals surface area contributed by atoms with Gasteiger partial charge in [-0.2, -0.15) is 0 Å². The predicted molar refractivity (Wildman–Crippen MR) is 77.6 cm³/mol. The lowest BCUT2D eigenvalue weighted by Gasteiger charge is -2.19. The molecule has 1 aromatic carbocycles. The normalized spacial score (nSPS) is 12.4. The van der Waals surface area contributed by atoms with E-state index >= 15 is 0 Å². The molecule has 1 aromatic rings. The highest BCUT2D eigenvalue weighted by Crippen LogP contribution is 2.31. The number of hydrogen-bond donors (Lipinski definition) is 1. The molecule has 0 atom stereocenters. The number of rotatable bonds is 4. The number of nitrogens with two attached hydrogens (primary N) is 1. The van der Waals surface area contributed by atoms with E-state index in [1.165, 1.54) is 0 Å². The maximum absolute atomic E-state index is 11.9. The van der Waals surface area contributed by atoms with E-state index in [0.717, 1.165) is 4.47 Å². The van der Waals surface area contributed by atoms with Crippen molar-refractivity contribution in [1.82, 2.24) is 0 Å². The molecule has 102 valence electrons. The van der Waals surface area contributed by atoms with Gasteiger partial charge in [0.1, 0.15) is 6.61 Å². The summed E-state index contributed by atoms with van der Waals surface area (Å²) in [5.74, 6) is 0.457. The van der Waals surface area contributed by atoms with Gasteiger partial charge in [0, 0.05) is 0 Å². The molecule has 0 saturated carbocycles. The molecule has 0 aliphatic heterocycles. The monoisotopic (exact) mass is 335 g/mol. The number of halogens is 1. The van der Waals surface area contributed by atoms with Gasteiger partial charge in [0.2, 0.25) is 0 Å². The fraction of sp³-hybridized carbons (Fsp3) is 0.500. The molecule has 0 radical (unpaired) electrons.